The Kier molecular flexibility index (Phi) is 5.96. The first-order chi connectivity index (χ1) is 17.1. The van der Waals surface area contributed by atoms with E-state index in [-0.39, 0.29) is 30.3 Å². The van der Waals surface area contributed by atoms with Crippen LogP contribution in [0.15, 0.2) is 59.5 Å². The summed E-state index contributed by atoms with van der Waals surface area (Å²) in [5, 5.41) is 1.77. The molecule has 8 nitrogen and oxygen atoms in total. The lowest BCUT2D eigenvalue weighted by Gasteiger charge is -2.22. The third-order valence-electron chi connectivity index (χ3n) is 6.51. The number of hydrogen-bond donors (Lipinski definition) is 1. The van der Waals surface area contributed by atoms with Crippen molar-refractivity contribution in [2.24, 2.45) is 0 Å². The van der Waals surface area contributed by atoms with Gasteiger partial charge in [-0.05, 0) is 61.7 Å². The number of fused-ring (bicyclic) bond motifs is 2. The van der Waals surface area contributed by atoms with Crippen molar-refractivity contribution < 1.29 is 27.5 Å². The molecular weight excluding hydrogens is 480 g/mol. The van der Waals surface area contributed by atoms with E-state index in [9.17, 15) is 18.0 Å². The van der Waals surface area contributed by atoms with E-state index in [2.05, 4.69) is 5.32 Å². The molecule has 1 atom stereocenters. The first kappa shape index (κ1) is 23.9. The number of rotatable bonds is 4. The zero-order valence-electron chi connectivity index (χ0n) is 20.2. The van der Waals surface area contributed by atoms with E-state index < -0.39 is 26.9 Å². The molecule has 5 rings (SSSR count). The minimum Gasteiger partial charge on any atom is -0.454 e. The average molecular weight is 507 g/mol. The molecule has 0 saturated carbocycles. The highest BCUT2D eigenvalue weighted by molar-refractivity contribution is 7.92. The van der Waals surface area contributed by atoms with Gasteiger partial charge in [0, 0.05) is 12.1 Å². The van der Waals surface area contributed by atoms with E-state index in [1.165, 1.54) is 11.0 Å². The molecule has 0 aromatic heterocycles. The molecular formula is C27H26N2O6S. The van der Waals surface area contributed by atoms with Crippen LogP contribution in [0.3, 0.4) is 0 Å². The van der Waals surface area contributed by atoms with Crippen molar-refractivity contribution in [1.82, 2.24) is 0 Å². The molecule has 0 spiro atoms. The molecule has 36 heavy (non-hydrogen) atoms. The Morgan fingerprint density at radius 2 is 1.69 bits per heavy atom. The van der Waals surface area contributed by atoms with Crippen molar-refractivity contribution in [2.45, 2.75) is 37.3 Å². The third-order valence-corrected chi connectivity index (χ3v) is 8.66. The molecule has 0 bridgehead atoms. The highest BCUT2D eigenvalue weighted by Gasteiger charge is 2.40. The number of aryl methyl sites for hydroxylation is 3. The Bertz CT molecular complexity index is 1470. The fraction of sp³-hybridized carbons (Fsp3) is 0.259. The van der Waals surface area contributed by atoms with E-state index in [4.69, 9.17) is 9.47 Å². The molecule has 3 aromatic carbocycles. The van der Waals surface area contributed by atoms with E-state index in [1.807, 2.05) is 32.9 Å². The number of ether oxygens (including phenoxy) is 2. The minimum atomic E-state index is -3.96. The summed E-state index contributed by atoms with van der Waals surface area (Å²) in [5.41, 5.74) is 4.21. The van der Waals surface area contributed by atoms with Crippen LogP contribution in [0.1, 0.15) is 33.9 Å². The van der Waals surface area contributed by atoms with E-state index >= 15 is 0 Å². The van der Waals surface area contributed by atoms with Crippen LogP contribution in [0, 0.1) is 20.8 Å². The molecule has 186 valence electrons. The number of para-hydroxylation sites is 1. The molecule has 3 aromatic rings. The van der Waals surface area contributed by atoms with Crippen LogP contribution in [0.4, 0.5) is 11.4 Å². The molecule has 2 heterocycles. The number of benzene rings is 3. The van der Waals surface area contributed by atoms with Crippen molar-refractivity contribution in [3.8, 4) is 11.5 Å². The van der Waals surface area contributed by atoms with Crippen LogP contribution < -0.4 is 19.7 Å². The normalized spacial score (nSPS) is 17.9. The van der Waals surface area contributed by atoms with Gasteiger partial charge in [0.25, 0.3) is 0 Å². The zero-order chi connectivity index (χ0) is 25.6. The Morgan fingerprint density at radius 1 is 1.00 bits per heavy atom. The van der Waals surface area contributed by atoms with Gasteiger partial charge in [-0.1, -0.05) is 35.9 Å². The molecule has 0 radical (unpaired) electrons. The van der Waals surface area contributed by atoms with Gasteiger partial charge in [0.1, 0.15) is 6.54 Å². The molecule has 0 saturated heterocycles. The summed E-state index contributed by atoms with van der Waals surface area (Å²) in [6.07, 6.45) is -0.313. The van der Waals surface area contributed by atoms with Crippen LogP contribution in [0.5, 0.6) is 11.5 Å². The first-order valence-corrected chi connectivity index (χ1v) is 13.1. The number of carbonyl (C=O) groups is 2. The monoisotopic (exact) mass is 506 g/mol. The summed E-state index contributed by atoms with van der Waals surface area (Å²) in [7, 11) is -3.96. The second-order valence-electron chi connectivity index (χ2n) is 9.12. The highest BCUT2D eigenvalue weighted by atomic mass is 32.2. The minimum absolute atomic E-state index is 0.00835. The topological polar surface area (TPSA) is 102 Å². The highest BCUT2D eigenvalue weighted by Crippen LogP contribution is 2.43. The molecule has 0 aliphatic carbocycles. The summed E-state index contributed by atoms with van der Waals surface area (Å²) in [6.45, 7) is 5.54. The van der Waals surface area contributed by atoms with Gasteiger partial charge >= 0.3 is 0 Å². The summed E-state index contributed by atoms with van der Waals surface area (Å²) in [6, 6.07) is 15.1. The third kappa shape index (κ3) is 4.19. The number of carbonyl (C=O) groups excluding carboxylic acids is 2. The largest absolute Gasteiger partial charge is 0.454 e. The average Bonchev–Trinajstić information content (AvgIpc) is 3.28. The van der Waals surface area contributed by atoms with Gasteiger partial charge in [-0.25, -0.2) is 8.42 Å². The van der Waals surface area contributed by atoms with Crippen molar-refractivity contribution in [1.29, 1.82) is 0 Å². The summed E-state index contributed by atoms with van der Waals surface area (Å²) >= 11 is 0. The molecule has 2 aliphatic rings. The Hall–Kier alpha value is -3.85. The number of nitrogens with one attached hydrogen (secondary N) is 1. The van der Waals surface area contributed by atoms with E-state index in [0.29, 0.717) is 22.7 Å². The van der Waals surface area contributed by atoms with Crippen molar-refractivity contribution >= 4 is 33.0 Å². The van der Waals surface area contributed by atoms with Gasteiger partial charge < -0.3 is 19.7 Å². The predicted molar refractivity (Wildman–Crippen MR) is 135 cm³/mol. The summed E-state index contributed by atoms with van der Waals surface area (Å²) < 4.78 is 38.3. The van der Waals surface area contributed by atoms with Crippen molar-refractivity contribution in [2.75, 3.05) is 23.6 Å². The molecule has 1 unspecified atom stereocenters. The Labute approximate surface area is 209 Å². The zero-order valence-corrected chi connectivity index (χ0v) is 21.0. The smallest absolute Gasteiger partial charge is 0.244 e. The second-order valence-corrected chi connectivity index (χ2v) is 11.2. The van der Waals surface area contributed by atoms with E-state index in [0.717, 1.165) is 16.7 Å². The maximum atomic E-state index is 13.8. The van der Waals surface area contributed by atoms with Crippen LogP contribution in [0.25, 0.3) is 0 Å². The van der Waals surface area contributed by atoms with Gasteiger partial charge in [0.15, 0.2) is 21.3 Å². The van der Waals surface area contributed by atoms with Crippen LogP contribution in [0.2, 0.25) is 0 Å². The van der Waals surface area contributed by atoms with Gasteiger partial charge in [0.05, 0.1) is 15.8 Å². The van der Waals surface area contributed by atoms with Crippen molar-refractivity contribution in [3.05, 3.63) is 76.9 Å². The fourth-order valence-corrected chi connectivity index (χ4v) is 6.78. The lowest BCUT2D eigenvalue weighted by molar-refractivity contribution is -0.121. The van der Waals surface area contributed by atoms with E-state index in [1.54, 1.807) is 36.4 Å². The maximum absolute atomic E-state index is 13.8. The predicted octanol–water partition coefficient (Wildman–Crippen LogP) is 4.23. The Morgan fingerprint density at radius 3 is 2.44 bits per heavy atom. The first-order valence-electron chi connectivity index (χ1n) is 11.6. The fourth-order valence-electron chi connectivity index (χ4n) is 4.87. The summed E-state index contributed by atoms with van der Waals surface area (Å²) in [4.78, 5) is 27.8. The lowest BCUT2D eigenvalue weighted by Crippen LogP contribution is -2.38. The van der Waals surface area contributed by atoms with Crippen LogP contribution in [-0.2, 0) is 19.4 Å². The van der Waals surface area contributed by atoms with Gasteiger partial charge in [-0.3, -0.25) is 9.59 Å². The molecule has 2 aliphatic heterocycles. The number of anilines is 2. The SMILES string of the molecule is Cc1cc(C)c(NC(=O)CN2C(=O)CC(c3ccc4c(c3)OCO4)S(=O)(=O)c3ccccc32)c(C)c1. The van der Waals surface area contributed by atoms with Crippen LogP contribution in [-0.4, -0.2) is 33.6 Å². The van der Waals surface area contributed by atoms with Gasteiger partial charge in [-0.15, -0.1) is 0 Å². The molecule has 1 N–H and O–H groups in total. The van der Waals surface area contributed by atoms with Crippen LogP contribution >= 0.6 is 0 Å². The number of hydrogen-bond acceptors (Lipinski definition) is 6. The van der Waals surface area contributed by atoms with Gasteiger partial charge in [-0.2, -0.15) is 0 Å². The number of nitrogens with zero attached hydrogens (tertiary/aromatic N) is 1. The number of sulfone groups is 1. The van der Waals surface area contributed by atoms with Crippen molar-refractivity contribution in [3.63, 3.8) is 0 Å². The second kappa shape index (κ2) is 8.98. The molecule has 0 fully saturated rings. The number of amides is 2. The van der Waals surface area contributed by atoms with Gasteiger partial charge in [0.2, 0.25) is 18.6 Å². The maximum Gasteiger partial charge on any atom is 0.244 e. The Balaban J connectivity index is 1.49. The molecule has 9 heteroatoms. The quantitative estimate of drug-likeness (QED) is 0.568. The standard InChI is InChI=1S/C27H26N2O6S/c1-16-10-17(2)27(18(3)11-16)28-25(30)14-29-20-6-4-5-7-23(20)36(32,33)24(13-26(29)31)19-8-9-21-22(12-19)35-15-34-21/h4-12,24H,13-15H2,1-3H3,(H,28,30). The molecule has 2 amide bonds. The lowest BCUT2D eigenvalue weighted by atomic mass is 10.1. The summed E-state index contributed by atoms with van der Waals surface area (Å²) in [5.74, 6) is 0.0927.